The SMILES string of the molecule is COc1ccc(C2CNC(=O)CCN2)c(F)c1. The molecule has 0 aromatic heterocycles. The smallest absolute Gasteiger partial charge is 0.221 e. The zero-order valence-electron chi connectivity index (χ0n) is 9.63. The van der Waals surface area contributed by atoms with E-state index in [0.29, 0.717) is 30.8 Å². The first-order valence-electron chi connectivity index (χ1n) is 5.54. The zero-order valence-corrected chi connectivity index (χ0v) is 9.63. The molecule has 5 heteroatoms. The molecule has 0 saturated carbocycles. The van der Waals surface area contributed by atoms with Crippen LogP contribution < -0.4 is 15.4 Å². The highest BCUT2D eigenvalue weighted by molar-refractivity contribution is 5.76. The first-order valence-corrected chi connectivity index (χ1v) is 5.54. The van der Waals surface area contributed by atoms with Gasteiger partial charge >= 0.3 is 0 Å². The van der Waals surface area contributed by atoms with Crippen molar-refractivity contribution in [3.63, 3.8) is 0 Å². The molecule has 1 unspecified atom stereocenters. The number of hydrogen-bond acceptors (Lipinski definition) is 3. The van der Waals surface area contributed by atoms with Crippen molar-refractivity contribution in [2.45, 2.75) is 12.5 Å². The highest BCUT2D eigenvalue weighted by Crippen LogP contribution is 2.22. The summed E-state index contributed by atoms with van der Waals surface area (Å²) in [5.41, 5.74) is 0.549. The second kappa shape index (κ2) is 5.14. The van der Waals surface area contributed by atoms with Gasteiger partial charge in [-0.2, -0.15) is 0 Å². The summed E-state index contributed by atoms with van der Waals surface area (Å²) in [5.74, 6) is 0.163. The Morgan fingerprint density at radius 3 is 3.00 bits per heavy atom. The molecule has 0 spiro atoms. The number of benzene rings is 1. The van der Waals surface area contributed by atoms with E-state index in [1.54, 1.807) is 12.1 Å². The van der Waals surface area contributed by atoms with Gasteiger partial charge in [0.25, 0.3) is 0 Å². The molecule has 1 aromatic carbocycles. The Morgan fingerprint density at radius 2 is 2.29 bits per heavy atom. The number of halogens is 1. The van der Waals surface area contributed by atoms with Gasteiger partial charge in [0.15, 0.2) is 0 Å². The molecule has 0 bridgehead atoms. The lowest BCUT2D eigenvalue weighted by Crippen LogP contribution is -2.29. The van der Waals surface area contributed by atoms with Crippen LogP contribution in [-0.2, 0) is 4.79 Å². The monoisotopic (exact) mass is 238 g/mol. The Bertz CT molecular complexity index is 423. The molecule has 4 nitrogen and oxygen atoms in total. The maximum atomic E-state index is 13.8. The molecule has 2 rings (SSSR count). The van der Waals surface area contributed by atoms with E-state index in [-0.39, 0.29) is 17.8 Å². The Hall–Kier alpha value is -1.62. The topological polar surface area (TPSA) is 50.4 Å². The summed E-state index contributed by atoms with van der Waals surface area (Å²) in [4.78, 5) is 11.2. The lowest BCUT2D eigenvalue weighted by atomic mass is 10.1. The third-order valence-corrected chi connectivity index (χ3v) is 2.83. The largest absolute Gasteiger partial charge is 0.497 e. The summed E-state index contributed by atoms with van der Waals surface area (Å²) >= 11 is 0. The van der Waals surface area contributed by atoms with E-state index in [0.717, 1.165) is 0 Å². The maximum absolute atomic E-state index is 13.8. The van der Waals surface area contributed by atoms with Crippen molar-refractivity contribution in [2.24, 2.45) is 0 Å². The Morgan fingerprint density at radius 1 is 1.47 bits per heavy atom. The molecule has 92 valence electrons. The molecule has 1 amide bonds. The normalized spacial score (nSPS) is 20.6. The molecule has 1 aromatic rings. The predicted molar refractivity (Wildman–Crippen MR) is 61.3 cm³/mol. The number of nitrogens with one attached hydrogen (secondary N) is 2. The fourth-order valence-corrected chi connectivity index (χ4v) is 1.87. The van der Waals surface area contributed by atoms with Crippen molar-refractivity contribution in [1.29, 1.82) is 0 Å². The fourth-order valence-electron chi connectivity index (χ4n) is 1.87. The summed E-state index contributed by atoms with van der Waals surface area (Å²) in [7, 11) is 1.50. The number of hydrogen-bond donors (Lipinski definition) is 2. The van der Waals surface area contributed by atoms with Gasteiger partial charge < -0.3 is 15.4 Å². The molecule has 0 radical (unpaired) electrons. The van der Waals surface area contributed by atoms with Crippen molar-refractivity contribution in [3.05, 3.63) is 29.6 Å². The number of amides is 1. The van der Waals surface area contributed by atoms with Gasteiger partial charge in [-0.15, -0.1) is 0 Å². The molecule has 17 heavy (non-hydrogen) atoms. The first-order chi connectivity index (χ1) is 8.20. The third kappa shape index (κ3) is 2.74. The highest BCUT2D eigenvalue weighted by atomic mass is 19.1. The number of methoxy groups -OCH3 is 1. The average molecular weight is 238 g/mol. The maximum Gasteiger partial charge on any atom is 0.221 e. The number of ether oxygens (including phenoxy) is 1. The van der Waals surface area contributed by atoms with Gasteiger partial charge in [0.2, 0.25) is 5.91 Å². The van der Waals surface area contributed by atoms with Crippen molar-refractivity contribution in [2.75, 3.05) is 20.2 Å². The predicted octanol–water partition coefficient (Wildman–Crippen LogP) is 0.985. The minimum atomic E-state index is -0.321. The van der Waals surface area contributed by atoms with Gasteiger partial charge in [-0.05, 0) is 6.07 Å². The molecule has 1 aliphatic heterocycles. The van der Waals surface area contributed by atoms with Gasteiger partial charge in [0.1, 0.15) is 11.6 Å². The summed E-state index contributed by atoms with van der Waals surface area (Å²) in [6, 6.07) is 4.56. The van der Waals surface area contributed by atoms with Crippen LogP contribution in [0.15, 0.2) is 18.2 Å². The molecule has 2 N–H and O–H groups in total. The molecule has 0 aliphatic carbocycles. The minimum absolute atomic E-state index is 0.00563. The second-order valence-corrected chi connectivity index (χ2v) is 3.95. The van der Waals surface area contributed by atoms with Crippen molar-refractivity contribution >= 4 is 5.91 Å². The van der Waals surface area contributed by atoms with Crippen LogP contribution in [0.1, 0.15) is 18.0 Å². The molecule has 1 heterocycles. The van der Waals surface area contributed by atoms with Gasteiger partial charge in [0.05, 0.1) is 13.2 Å². The third-order valence-electron chi connectivity index (χ3n) is 2.83. The Labute approximate surface area is 99.2 Å². The first kappa shape index (κ1) is 11.9. The minimum Gasteiger partial charge on any atom is -0.497 e. The van der Waals surface area contributed by atoms with Crippen LogP contribution in [0.3, 0.4) is 0 Å². The number of carbonyl (C=O) groups is 1. The van der Waals surface area contributed by atoms with Gasteiger partial charge in [-0.3, -0.25) is 4.79 Å². The Balaban J connectivity index is 2.18. The van der Waals surface area contributed by atoms with Crippen molar-refractivity contribution in [3.8, 4) is 5.75 Å². The second-order valence-electron chi connectivity index (χ2n) is 3.95. The van der Waals surface area contributed by atoms with E-state index in [4.69, 9.17) is 4.74 Å². The number of rotatable bonds is 2. The summed E-state index contributed by atoms with van der Waals surface area (Å²) in [5, 5.41) is 5.89. The van der Waals surface area contributed by atoms with Crippen LogP contribution >= 0.6 is 0 Å². The van der Waals surface area contributed by atoms with E-state index >= 15 is 0 Å². The summed E-state index contributed by atoms with van der Waals surface area (Å²) < 4.78 is 18.8. The van der Waals surface area contributed by atoms with Crippen molar-refractivity contribution < 1.29 is 13.9 Å². The number of carbonyl (C=O) groups excluding carboxylic acids is 1. The lowest BCUT2D eigenvalue weighted by Gasteiger charge is -2.17. The van der Waals surface area contributed by atoms with E-state index in [1.165, 1.54) is 13.2 Å². The van der Waals surface area contributed by atoms with Crippen LogP contribution in [-0.4, -0.2) is 26.1 Å². The van der Waals surface area contributed by atoms with Crippen LogP contribution in [0.4, 0.5) is 4.39 Å². The van der Waals surface area contributed by atoms with Crippen LogP contribution in [0, 0.1) is 5.82 Å². The molecule has 1 aliphatic rings. The van der Waals surface area contributed by atoms with Gasteiger partial charge in [0, 0.05) is 31.1 Å². The molecular formula is C12H15FN2O2. The fraction of sp³-hybridized carbons (Fsp3) is 0.417. The quantitative estimate of drug-likeness (QED) is 0.807. The van der Waals surface area contributed by atoms with Crippen molar-refractivity contribution in [1.82, 2.24) is 10.6 Å². The molecule has 1 saturated heterocycles. The average Bonchev–Trinajstić information content (AvgIpc) is 2.54. The van der Waals surface area contributed by atoms with E-state index in [9.17, 15) is 9.18 Å². The van der Waals surface area contributed by atoms with Gasteiger partial charge in [-0.25, -0.2) is 4.39 Å². The standard InChI is InChI=1S/C12H15FN2O2/c1-17-8-2-3-9(10(13)6-8)11-7-15-12(16)4-5-14-11/h2-3,6,11,14H,4-5,7H2,1H3,(H,15,16). The van der Waals surface area contributed by atoms with Gasteiger partial charge in [-0.1, -0.05) is 6.07 Å². The highest BCUT2D eigenvalue weighted by Gasteiger charge is 2.19. The van der Waals surface area contributed by atoms with E-state index in [2.05, 4.69) is 10.6 Å². The summed E-state index contributed by atoms with van der Waals surface area (Å²) in [6.45, 7) is 0.962. The zero-order chi connectivity index (χ0) is 12.3. The lowest BCUT2D eigenvalue weighted by molar-refractivity contribution is -0.120. The molecule has 1 atom stereocenters. The van der Waals surface area contributed by atoms with E-state index < -0.39 is 0 Å². The molecule has 1 fully saturated rings. The van der Waals surface area contributed by atoms with E-state index in [1.807, 2.05) is 0 Å². The van der Waals surface area contributed by atoms with Crippen LogP contribution in [0.5, 0.6) is 5.75 Å². The van der Waals surface area contributed by atoms with Crippen LogP contribution in [0.2, 0.25) is 0 Å². The Kier molecular flexibility index (Phi) is 3.58. The molecular weight excluding hydrogens is 223 g/mol. The van der Waals surface area contributed by atoms with Crippen LogP contribution in [0.25, 0.3) is 0 Å². The summed E-state index contributed by atoms with van der Waals surface area (Å²) in [6.07, 6.45) is 0.425.